The van der Waals surface area contributed by atoms with Gasteiger partial charge in [-0.05, 0) is 46.2 Å². The van der Waals surface area contributed by atoms with Crippen LogP contribution in [0.25, 0.3) is 0 Å². The molecule has 1 aliphatic heterocycles. The van der Waals surface area contributed by atoms with Crippen molar-refractivity contribution in [2.24, 2.45) is 0 Å². The van der Waals surface area contributed by atoms with Gasteiger partial charge in [-0.1, -0.05) is 188 Å². The molecule has 0 aromatic heterocycles. The lowest BCUT2D eigenvalue weighted by atomic mass is 9.87. The molecule has 374 valence electrons. The summed E-state index contributed by atoms with van der Waals surface area (Å²) in [6, 6.07) is 55.2. The first-order chi connectivity index (χ1) is 34.6. The van der Waals surface area contributed by atoms with Crippen LogP contribution < -0.4 is 0 Å². The number of phosphoric ester groups is 3. The Morgan fingerprint density at radius 2 is 0.648 bits per heavy atom. The summed E-state index contributed by atoms with van der Waals surface area (Å²) in [6.45, 7) is -0.838. The molecule has 71 heavy (non-hydrogen) atoms. The van der Waals surface area contributed by atoms with E-state index in [1.54, 1.807) is 0 Å². The Kier molecular flexibility index (Phi) is 17.8. The second-order valence-corrected chi connectivity index (χ2v) is 22.5. The third-order valence-electron chi connectivity index (χ3n) is 12.3. The van der Waals surface area contributed by atoms with Crippen molar-refractivity contribution < 1.29 is 63.9 Å². The Balaban J connectivity index is 1.10. The van der Waals surface area contributed by atoms with Crippen LogP contribution in [0.4, 0.5) is 0 Å². The number of ether oxygens (including phenoxy) is 2. The summed E-state index contributed by atoms with van der Waals surface area (Å²) in [5.41, 5.74) is 4.27. The highest BCUT2D eigenvalue weighted by Gasteiger charge is 2.62. The molecule has 9 rings (SSSR count). The molecule has 6 aromatic rings. The fourth-order valence-electron chi connectivity index (χ4n) is 8.71. The van der Waals surface area contributed by atoms with Crippen LogP contribution >= 0.6 is 23.5 Å². The highest BCUT2D eigenvalue weighted by atomic mass is 31.2. The van der Waals surface area contributed by atoms with Crippen molar-refractivity contribution in [3.63, 3.8) is 0 Å². The maximum atomic E-state index is 15.4. The van der Waals surface area contributed by atoms with Crippen molar-refractivity contribution in [3.05, 3.63) is 215 Å². The minimum Gasteiger partial charge on any atom is -0.341 e. The molecule has 1 spiro atoms. The Labute approximate surface area is 415 Å². The molecule has 3 aliphatic rings. The van der Waals surface area contributed by atoms with Crippen LogP contribution in [0.1, 0.15) is 71.9 Å². The van der Waals surface area contributed by atoms with Gasteiger partial charge in [-0.3, -0.25) is 40.7 Å². The van der Waals surface area contributed by atoms with Crippen molar-refractivity contribution in [2.45, 2.75) is 114 Å². The summed E-state index contributed by atoms with van der Waals surface area (Å²) in [7, 11) is -13.8. The Bertz CT molecular complexity index is 2540. The third-order valence-corrected chi connectivity index (χ3v) is 16.6. The van der Waals surface area contributed by atoms with Crippen molar-refractivity contribution in [2.75, 3.05) is 0 Å². The second-order valence-electron chi connectivity index (χ2n) is 17.6. The van der Waals surface area contributed by atoms with Crippen molar-refractivity contribution in [3.8, 4) is 0 Å². The Hall–Kier alpha value is -4.43. The Morgan fingerprint density at radius 3 is 0.972 bits per heavy atom. The first-order valence-electron chi connectivity index (χ1n) is 24.0. The molecular formula is C54H59O14P3. The predicted molar refractivity (Wildman–Crippen MR) is 265 cm³/mol. The van der Waals surface area contributed by atoms with E-state index in [0.717, 1.165) is 30.4 Å². The zero-order valence-corrected chi connectivity index (χ0v) is 41.9. The summed E-state index contributed by atoms with van der Waals surface area (Å²) >= 11 is 0. The van der Waals surface area contributed by atoms with Gasteiger partial charge in [0.15, 0.2) is 5.79 Å². The molecule has 0 radical (unpaired) electrons. The van der Waals surface area contributed by atoms with Crippen molar-refractivity contribution in [1.29, 1.82) is 0 Å². The lowest BCUT2D eigenvalue weighted by Crippen LogP contribution is -2.56. The minimum atomic E-state index is -4.64. The van der Waals surface area contributed by atoms with Crippen LogP contribution in [0.3, 0.4) is 0 Å². The van der Waals surface area contributed by atoms with Gasteiger partial charge in [0, 0.05) is 19.3 Å². The summed E-state index contributed by atoms with van der Waals surface area (Å²) in [6.07, 6.45) is -2.85. The molecule has 2 aliphatic carbocycles. The highest BCUT2D eigenvalue weighted by molar-refractivity contribution is 7.49. The van der Waals surface area contributed by atoms with Gasteiger partial charge >= 0.3 is 23.5 Å². The van der Waals surface area contributed by atoms with E-state index in [1.807, 2.05) is 182 Å². The van der Waals surface area contributed by atoms with E-state index >= 15 is 13.7 Å². The maximum Gasteiger partial charge on any atom is 0.475 e. The number of phosphoric acid groups is 3. The minimum absolute atomic E-state index is 0.114. The molecule has 0 amide bonds. The van der Waals surface area contributed by atoms with Crippen LogP contribution in [0.15, 0.2) is 182 Å². The van der Waals surface area contributed by atoms with E-state index in [2.05, 4.69) is 0 Å². The molecule has 6 aromatic carbocycles. The SMILES string of the molecule is O=P(OCc1ccccc1)(OCc1ccccc1)OC1CC(OP(=O)(OCc2ccccc2)OCc2ccccc2)C(OP(=O)(OCc2ccccc2)OCc2ccccc2)C2OC3(CCCCC3)OC12. The summed E-state index contributed by atoms with van der Waals surface area (Å²) < 4.78 is 117. The molecule has 17 heteroatoms. The molecule has 1 heterocycles. The average molecular weight is 1020 g/mol. The van der Waals surface area contributed by atoms with E-state index < -0.39 is 59.8 Å². The molecular weight excluding hydrogens is 966 g/mol. The van der Waals surface area contributed by atoms with Gasteiger partial charge in [0.05, 0.1) is 39.6 Å². The summed E-state index contributed by atoms with van der Waals surface area (Å²) in [5.74, 6) is -1.14. The molecule has 5 atom stereocenters. The van der Waals surface area contributed by atoms with Gasteiger partial charge in [-0.2, -0.15) is 0 Å². The molecule has 0 bridgehead atoms. The van der Waals surface area contributed by atoms with Gasteiger partial charge in [0.25, 0.3) is 0 Å². The fourth-order valence-corrected chi connectivity index (χ4v) is 12.8. The quantitative estimate of drug-likeness (QED) is 0.0528. The van der Waals surface area contributed by atoms with Crippen LogP contribution in [-0.4, -0.2) is 36.3 Å². The maximum absolute atomic E-state index is 15.4. The summed E-state index contributed by atoms with van der Waals surface area (Å²) in [5, 5.41) is 0. The van der Waals surface area contributed by atoms with Gasteiger partial charge in [-0.25, -0.2) is 13.7 Å². The third kappa shape index (κ3) is 14.6. The first kappa shape index (κ1) is 51.5. The second kappa shape index (κ2) is 24.5. The number of benzene rings is 6. The summed E-state index contributed by atoms with van der Waals surface area (Å²) in [4.78, 5) is 0. The van der Waals surface area contributed by atoms with Crippen LogP contribution in [0, 0.1) is 0 Å². The average Bonchev–Trinajstić information content (AvgIpc) is 3.79. The standard InChI is InChI=1S/C54H59O14P3/c55-69(58-37-43-22-8-1-9-23-43,59-38-44-24-10-2-11-25-44)66-49-36-50(67-70(56,60-39-45-26-12-3-13-27-45)61-40-46-28-14-4-15-29-46)52(53-51(49)64-54(65-53)34-20-7-21-35-54)68-71(57,62-41-47-30-16-5-17-31-47)63-42-48-32-18-6-19-33-48/h1-6,8-19,22-33,49-53H,7,20-21,34-42H2. The first-order valence-corrected chi connectivity index (χ1v) is 28.3. The van der Waals surface area contributed by atoms with E-state index in [-0.39, 0.29) is 46.1 Å². The van der Waals surface area contributed by atoms with Crippen LogP contribution in [0.5, 0.6) is 0 Å². The van der Waals surface area contributed by atoms with Gasteiger partial charge in [0.1, 0.15) is 30.5 Å². The lowest BCUT2D eigenvalue weighted by molar-refractivity contribution is -0.202. The number of hydrogen-bond donors (Lipinski definition) is 0. The van der Waals surface area contributed by atoms with Gasteiger partial charge in [0.2, 0.25) is 0 Å². The van der Waals surface area contributed by atoms with E-state index in [0.29, 0.717) is 35.1 Å². The lowest BCUT2D eigenvalue weighted by Gasteiger charge is -2.42. The monoisotopic (exact) mass is 1020 g/mol. The highest BCUT2D eigenvalue weighted by Crippen LogP contribution is 2.62. The van der Waals surface area contributed by atoms with E-state index in [9.17, 15) is 0 Å². The van der Waals surface area contributed by atoms with Crippen molar-refractivity contribution >= 4 is 23.5 Å². The zero-order valence-electron chi connectivity index (χ0n) is 39.2. The van der Waals surface area contributed by atoms with E-state index in [1.165, 1.54) is 0 Å². The molecule has 3 fully saturated rings. The van der Waals surface area contributed by atoms with Crippen LogP contribution in [0.2, 0.25) is 0 Å². The number of rotatable bonds is 24. The van der Waals surface area contributed by atoms with Crippen LogP contribution in [-0.2, 0) is 104 Å². The predicted octanol–water partition coefficient (Wildman–Crippen LogP) is 13.6. The smallest absolute Gasteiger partial charge is 0.341 e. The van der Waals surface area contributed by atoms with Gasteiger partial charge in [-0.15, -0.1) is 0 Å². The zero-order chi connectivity index (χ0) is 48.8. The molecule has 5 unspecified atom stereocenters. The molecule has 2 saturated carbocycles. The number of hydrogen-bond acceptors (Lipinski definition) is 14. The molecule has 1 saturated heterocycles. The molecule has 0 N–H and O–H groups in total. The molecule has 14 nitrogen and oxygen atoms in total. The Morgan fingerprint density at radius 1 is 0.366 bits per heavy atom. The van der Waals surface area contributed by atoms with Crippen molar-refractivity contribution in [1.82, 2.24) is 0 Å². The topological polar surface area (TPSA) is 153 Å². The fraction of sp³-hybridized carbons (Fsp3) is 0.333. The van der Waals surface area contributed by atoms with E-state index in [4.69, 9.17) is 50.2 Å². The van der Waals surface area contributed by atoms with Gasteiger partial charge < -0.3 is 9.47 Å². The number of fused-ring (bicyclic) bond motifs is 1. The normalized spacial score (nSPS) is 21.2. The largest absolute Gasteiger partial charge is 0.475 e.